The van der Waals surface area contributed by atoms with Gasteiger partial charge in [-0.2, -0.15) is 0 Å². The molecule has 64 valence electrons. The fourth-order valence-corrected chi connectivity index (χ4v) is 1.46. The Morgan fingerprint density at radius 2 is 2.33 bits per heavy atom. The summed E-state index contributed by atoms with van der Waals surface area (Å²) in [7, 11) is 0. The standard InChI is InChI=1S/C9H11BrN2/c10-8-3-9(6-11-5-8)12-4-7-1-2-7/h3,5-7,12H,1-2,4H2. The van der Waals surface area contributed by atoms with Gasteiger partial charge in [0.2, 0.25) is 0 Å². The summed E-state index contributed by atoms with van der Waals surface area (Å²) in [5.74, 6) is 0.906. The highest BCUT2D eigenvalue weighted by atomic mass is 79.9. The van der Waals surface area contributed by atoms with Gasteiger partial charge >= 0.3 is 0 Å². The summed E-state index contributed by atoms with van der Waals surface area (Å²) in [5, 5.41) is 3.35. The van der Waals surface area contributed by atoms with Crippen molar-refractivity contribution in [3.63, 3.8) is 0 Å². The molecule has 1 aromatic rings. The molecule has 1 heterocycles. The highest BCUT2D eigenvalue weighted by Crippen LogP contribution is 2.29. The first-order valence-electron chi connectivity index (χ1n) is 4.19. The smallest absolute Gasteiger partial charge is 0.0538 e. The number of hydrogen-bond donors (Lipinski definition) is 1. The van der Waals surface area contributed by atoms with Gasteiger partial charge in [-0.3, -0.25) is 4.98 Å². The molecule has 3 heteroatoms. The van der Waals surface area contributed by atoms with Gasteiger partial charge in [0.25, 0.3) is 0 Å². The van der Waals surface area contributed by atoms with Gasteiger partial charge in [0.1, 0.15) is 0 Å². The van der Waals surface area contributed by atoms with E-state index < -0.39 is 0 Å². The van der Waals surface area contributed by atoms with Crippen molar-refractivity contribution >= 4 is 21.6 Å². The zero-order valence-electron chi connectivity index (χ0n) is 6.76. The Morgan fingerprint density at radius 1 is 1.50 bits per heavy atom. The topological polar surface area (TPSA) is 24.9 Å². The number of nitrogens with zero attached hydrogens (tertiary/aromatic N) is 1. The van der Waals surface area contributed by atoms with Gasteiger partial charge in [-0.1, -0.05) is 0 Å². The summed E-state index contributed by atoms with van der Waals surface area (Å²) < 4.78 is 1.03. The van der Waals surface area contributed by atoms with Crippen LogP contribution in [0.15, 0.2) is 22.9 Å². The second-order valence-electron chi connectivity index (χ2n) is 3.22. The monoisotopic (exact) mass is 226 g/mol. The van der Waals surface area contributed by atoms with Crippen LogP contribution < -0.4 is 5.32 Å². The zero-order valence-corrected chi connectivity index (χ0v) is 8.34. The maximum atomic E-state index is 4.07. The van der Waals surface area contributed by atoms with E-state index in [2.05, 4.69) is 32.3 Å². The van der Waals surface area contributed by atoms with Crippen LogP contribution in [-0.2, 0) is 0 Å². The van der Waals surface area contributed by atoms with Crippen molar-refractivity contribution in [1.82, 2.24) is 4.98 Å². The van der Waals surface area contributed by atoms with E-state index in [1.54, 1.807) is 6.20 Å². The van der Waals surface area contributed by atoms with Crippen LogP contribution in [0.2, 0.25) is 0 Å². The molecule has 0 unspecified atom stereocenters. The lowest BCUT2D eigenvalue weighted by Crippen LogP contribution is -2.02. The molecule has 1 aliphatic carbocycles. The molecule has 1 fully saturated rings. The van der Waals surface area contributed by atoms with E-state index in [4.69, 9.17) is 0 Å². The Balaban J connectivity index is 1.92. The summed E-state index contributed by atoms with van der Waals surface area (Å²) in [6.45, 7) is 1.10. The molecule has 2 nitrogen and oxygen atoms in total. The molecule has 0 spiro atoms. The minimum Gasteiger partial charge on any atom is -0.383 e. The van der Waals surface area contributed by atoms with Gasteiger partial charge in [0, 0.05) is 17.2 Å². The van der Waals surface area contributed by atoms with Crippen LogP contribution in [0, 0.1) is 5.92 Å². The molecule has 1 saturated carbocycles. The van der Waals surface area contributed by atoms with E-state index in [0.717, 1.165) is 22.6 Å². The van der Waals surface area contributed by atoms with Crippen molar-refractivity contribution in [3.8, 4) is 0 Å². The molecule has 0 aliphatic heterocycles. The van der Waals surface area contributed by atoms with Crippen molar-refractivity contribution in [2.45, 2.75) is 12.8 Å². The van der Waals surface area contributed by atoms with E-state index in [1.807, 2.05) is 6.20 Å². The van der Waals surface area contributed by atoms with Gasteiger partial charge < -0.3 is 5.32 Å². The van der Waals surface area contributed by atoms with Crippen LogP contribution in [0.3, 0.4) is 0 Å². The lowest BCUT2D eigenvalue weighted by atomic mass is 10.4. The minimum absolute atomic E-state index is 0.906. The van der Waals surface area contributed by atoms with Crippen LogP contribution in [0.5, 0.6) is 0 Å². The average molecular weight is 227 g/mol. The lowest BCUT2D eigenvalue weighted by molar-refractivity contribution is 0.888. The predicted molar refractivity (Wildman–Crippen MR) is 53.2 cm³/mol. The quantitative estimate of drug-likeness (QED) is 0.858. The van der Waals surface area contributed by atoms with Gasteiger partial charge in [-0.15, -0.1) is 0 Å². The second-order valence-corrected chi connectivity index (χ2v) is 4.13. The summed E-state index contributed by atoms with van der Waals surface area (Å²) in [4.78, 5) is 4.07. The van der Waals surface area contributed by atoms with Gasteiger partial charge in [0.05, 0.1) is 11.9 Å². The van der Waals surface area contributed by atoms with Crippen LogP contribution in [0.4, 0.5) is 5.69 Å². The van der Waals surface area contributed by atoms with Crippen molar-refractivity contribution < 1.29 is 0 Å². The van der Waals surface area contributed by atoms with E-state index >= 15 is 0 Å². The zero-order chi connectivity index (χ0) is 8.39. The molecule has 1 N–H and O–H groups in total. The van der Waals surface area contributed by atoms with Crippen molar-refractivity contribution in [1.29, 1.82) is 0 Å². The van der Waals surface area contributed by atoms with Gasteiger partial charge in [-0.05, 0) is 40.8 Å². The molecule has 0 amide bonds. The number of nitrogens with one attached hydrogen (secondary N) is 1. The molecule has 1 aromatic heterocycles. The largest absolute Gasteiger partial charge is 0.383 e. The Hall–Kier alpha value is -0.570. The molecular weight excluding hydrogens is 216 g/mol. The van der Waals surface area contributed by atoms with Crippen molar-refractivity contribution in [3.05, 3.63) is 22.9 Å². The molecule has 0 bridgehead atoms. The fraction of sp³-hybridized carbons (Fsp3) is 0.444. The summed E-state index contributed by atoms with van der Waals surface area (Å²) in [5.41, 5.74) is 1.11. The predicted octanol–water partition coefficient (Wildman–Crippen LogP) is 2.67. The Labute approximate surface area is 80.5 Å². The third kappa shape index (κ3) is 2.21. The number of anilines is 1. The van der Waals surface area contributed by atoms with E-state index in [1.165, 1.54) is 12.8 Å². The summed E-state index contributed by atoms with van der Waals surface area (Å²) in [6, 6.07) is 2.05. The Bertz CT molecular complexity index is 271. The van der Waals surface area contributed by atoms with E-state index in [-0.39, 0.29) is 0 Å². The van der Waals surface area contributed by atoms with E-state index in [9.17, 15) is 0 Å². The lowest BCUT2D eigenvalue weighted by Gasteiger charge is -2.03. The second kappa shape index (κ2) is 3.44. The third-order valence-corrected chi connectivity index (χ3v) is 2.43. The molecule has 0 saturated heterocycles. The third-order valence-electron chi connectivity index (χ3n) is 2.00. The highest BCUT2D eigenvalue weighted by molar-refractivity contribution is 9.10. The van der Waals surface area contributed by atoms with Crippen LogP contribution >= 0.6 is 15.9 Å². The first kappa shape index (κ1) is 8.05. The van der Waals surface area contributed by atoms with Crippen LogP contribution in [-0.4, -0.2) is 11.5 Å². The molecule has 1 aliphatic rings. The normalized spacial score (nSPS) is 16.1. The van der Waals surface area contributed by atoms with Crippen molar-refractivity contribution in [2.75, 3.05) is 11.9 Å². The number of hydrogen-bond acceptors (Lipinski definition) is 2. The minimum atomic E-state index is 0.906. The molecule has 0 aromatic carbocycles. The molecule has 0 radical (unpaired) electrons. The first-order valence-corrected chi connectivity index (χ1v) is 4.98. The molecule has 12 heavy (non-hydrogen) atoms. The van der Waals surface area contributed by atoms with Crippen LogP contribution in [0.25, 0.3) is 0 Å². The maximum absolute atomic E-state index is 4.07. The number of rotatable bonds is 3. The van der Waals surface area contributed by atoms with Gasteiger partial charge in [-0.25, -0.2) is 0 Å². The molecule has 2 rings (SSSR count). The maximum Gasteiger partial charge on any atom is 0.0538 e. The number of halogens is 1. The number of aromatic nitrogens is 1. The summed E-state index contributed by atoms with van der Waals surface area (Å²) in [6.07, 6.45) is 6.41. The van der Waals surface area contributed by atoms with Crippen LogP contribution in [0.1, 0.15) is 12.8 Å². The highest BCUT2D eigenvalue weighted by Gasteiger charge is 2.20. The molecule has 0 atom stereocenters. The Kier molecular flexibility index (Phi) is 2.30. The van der Waals surface area contributed by atoms with Crippen molar-refractivity contribution in [2.24, 2.45) is 5.92 Å². The number of pyridine rings is 1. The summed E-state index contributed by atoms with van der Waals surface area (Å²) >= 11 is 3.38. The van der Waals surface area contributed by atoms with Gasteiger partial charge in [0.15, 0.2) is 0 Å². The average Bonchev–Trinajstić information content (AvgIpc) is 2.84. The molecular formula is C9H11BrN2. The van der Waals surface area contributed by atoms with E-state index in [0.29, 0.717) is 0 Å². The first-order chi connectivity index (χ1) is 5.84. The SMILES string of the molecule is Brc1cncc(NCC2CC2)c1. The fourth-order valence-electron chi connectivity index (χ4n) is 1.09. The Morgan fingerprint density at radius 3 is 3.00 bits per heavy atom.